The van der Waals surface area contributed by atoms with Crippen LogP contribution in [0.25, 0.3) is 0 Å². The molecule has 0 aromatic heterocycles. The summed E-state index contributed by atoms with van der Waals surface area (Å²) in [5.41, 5.74) is 0.564. The fourth-order valence-corrected chi connectivity index (χ4v) is 2.37. The molecule has 0 aliphatic carbocycles. The molecule has 27 heavy (non-hydrogen) atoms. The zero-order valence-corrected chi connectivity index (χ0v) is 15.5. The highest BCUT2D eigenvalue weighted by molar-refractivity contribution is 5.79. The highest BCUT2D eigenvalue weighted by atomic mass is 19.4. The Hall–Kier alpha value is -2.20. The van der Waals surface area contributed by atoms with E-state index in [0.717, 1.165) is 0 Å². The SMILES string of the molecule is COc1cc(CC(=O)N(CCO)CCOCC(F)(F)F)cc(OC)c1OC. The molecule has 0 unspecified atom stereocenters. The van der Waals surface area contributed by atoms with Gasteiger partial charge in [0.1, 0.15) is 6.61 Å². The van der Waals surface area contributed by atoms with E-state index in [-0.39, 0.29) is 38.6 Å². The molecule has 0 aliphatic heterocycles. The molecule has 0 saturated carbocycles. The fraction of sp³-hybridized carbons (Fsp3) is 0.588. The van der Waals surface area contributed by atoms with Gasteiger partial charge in [-0.05, 0) is 17.7 Å². The molecular formula is C17H24F3NO6. The topological polar surface area (TPSA) is 77.5 Å². The summed E-state index contributed by atoms with van der Waals surface area (Å²) >= 11 is 0. The standard InChI is InChI=1S/C17H24F3NO6/c1-24-13-8-12(9-14(25-2)16(13)26-3)10-15(23)21(4-6-22)5-7-27-11-17(18,19)20/h8-9,22H,4-7,10-11H2,1-3H3. The summed E-state index contributed by atoms with van der Waals surface area (Å²) in [4.78, 5) is 13.7. The largest absolute Gasteiger partial charge is 0.493 e. The van der Waals surface area contributed by atoms with E-state index < -0.39 is 12.8 Å². The molecule has 1 aromatic carbocycles. The first-order valence-corrected chi connectivity index (χ1v) is 8.07. The number of aliphatic hydroxyl groups is 1. The average Bonchev–Trinajstić information content (AvgIpc) is 2.62. The second kappa shape index (κ2) is 10.8. The van der Waals surface area contributed by atoms with Crippen LogP contribution in [0.5, 0.6) is 17.2 Å². The summed E-state index contributed by atoms with van der Waals surface area (Å²) in [5.74, 6) is 0.752. The van der Waals surface area contributed by atoms with Gasteiger partial charge in [0.2, 0.25) is 11.7 Å². The smallest absolute Gasteiger partial charge is 0.411 e. The van der Waals surface area contributed by atoms with Gasteiger partial charge in [-0.2, -0.15) is 13.2 Å². The van der Waals surface area contributed by atoms with Crippen LogP contribution in [-0.2, 0) is 16.0 Å². The fourth-order valence-electron chi connectivity index (χ4n) is 2.37. The van der Waals surface area contributed by atoms with E-state index in [1.165, 1.54) is 26.2 Å². The maximum Gasteiger partial charge on any atom is 0.411 e. The number of carbonyl (C=O) groups excluding carboxylic acids is 1. The van der Waals surface area contributed by atoms with Gasteiger partial charge in [-0.25, -0.2) is 0 Å². The molecule has 0 fully saturated rings. The van der Waals surface area contributed by atoms with Crippen molar-refractivity contribution in [3.63, 3.8) is 0 Å². The first kappa shape index (κ1) is 22.8. The van der Waals surface area contributed by atoms with E-state index in [1.807, 2.05) is 0 Å². The third-order valence-corrected chi connectivity index (χ3v) is 3.57. The number of amides is 1. The Bertz CT molecular complexity index is 584. The Morgan fingerprint density at radius 2 is 1.67 bits per heavy atom. The monoisotopic (exact) mass is 395 g/mol. The Morgan fingerprint density at radius 3 is 2.11 bits per heavy atom. The van der Waals surface area contributed by atoms with Crippen molar-refractivity contribution in [2.24, 2.45) is 0 Å². The highest BCUT2D eigenvalue weighted by Gasteiger charge is 2.27. The van der Waals surface area contributed by atoms with Gasteiger partial charge in [-0.15, -0.1) is 0 Å². The number of ether oxygens (including phenoxy) is 4. The van der Waals surface area contributed by atoms with Gasteiger partial charge >= 0.3 is 6.18 Å². The average molecular weight is 395 g/mol. The summed E-state index contributed by atoms with van der Waals surface area (Å²) in [5, 5.41) is 9.10. The number of hydrogen-bond acceptors (Lipinski definition) is 6. The molecule has 0 radical (unpaired) electrons. The second-order valence-electron chi connectivity index (χ2n) is 5.48. The van der Waals surface area contributed by atoms with E-state index in [0.29, 0.717) is 22.8 Å². The van der Waals surface area contributed by atoms with E-state index in [1.54, 1.807) is 12.1 Å². The van der Waals surface area contributed by atoms with Crippen LogP contribution in [0.1, 0.15) is 5.56 Å². The van der Waals surface area contributed by atoms with Crippen molar-refractivity contribution in [1.82, 2.24) is 4.90 Å². The minimum atomic E-state index is -4.43. The maximum atomic E-state index is 12.5. The maximum absolute atomic E-state index is 12.5. The third-order valence-electron chi connectivity index (χ3n) is 3.57. The number of methoxy groups -OCH3 is 3. The van der Waals surface area contributed by atoms with Crippen molar-refractivity contribution in [2.75, 3.05) is 54.2 Å². The molecule has 0 heterocycles. The van der Waals surface area contributed by atoms with Gasteiger partial charge in [0.15, 0.2) is 11.5 Å². The van der Waals surface area contributed by atoms with Gasteiger partial charge in [-0.1, -0.05) is 0 Å². The summed E-state index contributed by atoms with van der Waals surface area (Å²) in [6, 6.07) is 3.22. The summed E-state index contributed by atoms with van der Waals surface area (Å²) < 4.78 is 56.5. The zero-order chi connectivity index (χ0) is 20.4. The van der Waals surface area contributed by atoms with Crippen LogP contribution in [0.3, 0.4) is 0 Å². The summed E-state index contributed by atoms with van der Waals surface area (Å²) in [6.07, 6.45) is -4.49. The molecule has 1 aromatic rings. The molecule has 1 N–H and O–H groups in total. The Balaban J connectivity index is 2.80. The van der Waals surface area contributed by atoms with Crippen LogP contribution in [0, 0.1) is 0 Å². The molecule has 1 rings (SSSR count). The van der Waals surface area contributed by atoms with Crippen molar-refractivity contribution in [1.29, 1.82) is 0 Å². The Labute approximate surface area is 155 Å². The lowest BCUT2D eigenvalue weighted by molar-refractivity contribution is -0.174. The second-order valence-corrected chi connectivity index (χ2v) is 5.48. The van der Waals surface area contributed by atoms with Crippen molar-refractivity contribution in [2.45, 2.75) is 12.6 Å². The van der Waals surface area contributed by atoms with Crippen molar-refractivity contribution >= 4 is 5.91 Å². The van der Waals surface area contributed by atoms with Crippen LogP contribution >= 0.6 is 0 Å². The molecule has 154 valence electrons. The van der Waals surface area contributed by atoms with E-state index >= 15 is 0 Å². The quantitative estimate of drug-likeness (QED) is 0.575. The number of halogens is 3. The minimum absolute atomic E-state index is 0.0152. The van der Waals surface area contributed by atoms with Crippen molar-refractivity contribution < 1.29 is 42.0 Å². The normalized spacial score (nSPS) is 11.2. The van der Waals surface area contributed by atoms with Gasteiger partial charge in [0.05, 0.1) is 41.0 Å². The number of benzene rings is 1. The van der Waals surface area contributed by atoms with E-state index in [2.05, 4.69) is 4.74 Å². The zero-order valence-electron chi connectivity index (χ0n) is 15.5. The summed E-state index contributed by atoms with van der Waals surface area (Å²) in [7, 11) is 4.34. The molecule has 0 saturated heterocycles. The van der Waals surface area contributed by atoms with Crippen LogP contribution in [0.4, 0.5) is 13.2 Å². The predicted molar refractivity (Wildman–Crippen MR) is 90.3 cm³/mol. The van der Waals surface area contributed by atoms with Gasteiger partial charge < -0.3 is 29.0 Å². The summed E-state index contributed by atoms with van der Waals surface area (Å²) in [6.45, 7) is -2.08. The number of aliphatic hydroxyl groups excluding tert-OH is 1. The van der Waals surface area contributed by atoms with Crippen molar-refractivity contribution in [3.8, 4) is 17.2 Å². The number of hydrogen-bond donors (Lipinski definition) is 1. The number of carbonyl (C=O) groups is 1. The minimum Gasteiger partial charge on any atom is -0.493 e. The Morgan fingerprint density at radius 1 is 1.07 bits per heavy atom. The van der Waals surface area contributed by atoms with Crippen LogP contribution in [0.15, 0.2) is 12.1 Å². The molecule has 0 atom stereocenters. The number of alkyl halides is 3. The lowest BCUT2D eigenvalue weighted by atomic mass is 10.1. The third kappa shape index (κ3) is 7.51. The molecule has 10 heteroatoms. The van der Waals surface area contributed by atoms with E-state index in [4.69, 9.17) is 19.3 Å². The van der Waals surface area contributed by atoms with Gasteiger partial charge in [0, 0.05) is 13.1 Å². The lowest BCUT2D eigenvalue weighted by Crippen LogP contribution is -2.37. The molecule has 1 amide bonds. The Kier molecular flexibility index (Phi) is 9.16. The highest BCUT2D eigenvalue weighted by Crippen LogP contribution is 2.38. The predicted octanol–water partition coefficient (Wildman–Crippen LogP) is 1.65. The van der Waals surface area contributed by atoms with Crippen LogP contribution in [-0.4, -0.2) is 76.3 Å². The molecule has 0 bridgehead atoms. The molecule has 0 aliphatic rings. The molecule has 7 nitrogen and oxygen atoms in total. The number of rotatable bonds is 11. The van der Waals surface area contributed by atoms with Crippen molar-refractivity contribution in [3.05, 3.63) is 17.7 Å². The van der Waals surface area contributed by atoms with E-state index in [9.17, 15) is 18.0 Å². The van der Waals surface area contributed by atoms with Crippen LogP contribution in [0.2, 0.25) is 0 Å². The van der Waals surface area contributed by atoms with Gasteiger partial charge in [-0.3, -0.25) is 4.79 Å². The first-order valence-electron chi connectivity index (χ1n) is 8.07. The van der Waals surface area contributed by atoms with Gasteiger partial charge in [0.25, 0.3) is 0 Å². The van der Waals surface area contributed by atoms with Crippen LogP contribution < -0.4 is 14.2 Å². The lowest BCUT2D eigenvalue weighted by Gasteiger charge is -2.22. The molecule has 0 spiro atoms. The molecular weight excluding hydrogens is 371 g/mol. The number of nitrogens with zero attached hydrogens (tertiary/aromatic N) is 1. The first-order chi connectivity index (χ1) is 12.8.